The topological polar surface area (TPSA) is 92.9 Å². The zero-order valence-corrected chi connectivity index (χ0v) is 22.2. The van der Waals surface area contributed by atoms with Crippen LogP contribution in [-0.4, -0.2) is 64.2 Å². The lowest BCUT2D eigenvalue weighted by atomic mass is 10.0. The summed E-state index contributed by atoms with van der Waals surface area (Å²) in [5.41, 5.74) is 8.32. The molecule has 0 spiro atoms. The van der Waals surface area contributed by atoms with Gasteiger partial charge < -0.3 is 20.1 Å². The highest BCUT2D eigenvalue weighted by Crippen LogP contribution is 2.35. The van der Waals surface area contributed by atoms with Gasteiger partial charge in [0.25, 0.3) is 5.91 Å². The molecule has 0 radical (unpaired) electrons. The number of nitrogens with one attached hydrogen (secondary N) is 3. The first-order chi connectivity index (χ1) is 19.6. The molecule has 1 saturated heterocycles. The Balaban J connectivity index is 1.21. The van der Waals surface area contributed by atoms with Crippen molar-refractivity contribution in [2.45, 2.75) is 0 Å². The zero-order chi connectivity index (χ0) is 27.1. The van der Waals surface area contributed by atoms with Gasteiger partial charge in [-0.1, -0.05) is 30.3 Å². The fourth-order valence-corrected chi connectivity index (χ4v) is 5.45. The van der Waals surface area contributed by atoms with Crippen molar-refractivity contribution in [1.29, 1.82) is 0 Å². The molecule has 4 heterocycles. The van der Waals surface area contributed by atoms with Crippen LogP contribution in [0, 0.1) is 0 Å². The smallest absolute Gasteiger partial charge is 0.255 e. The second-order valence-corrected chi connectivity index (χ2v) is 10.3. The van der Waals surface area contributed by atoms with Gasteiger partial charge in [-0.2, -0.15) is 5.10 Å². The van der Waals surface area contributed by atoms with Crippen molar-refractivity contribution in [3.05, 3.63) is 96.8 Å². The summed E-state index contributed by atoms with van der Waals surface area (Å²) >= 11 is 0. The number of carbonyl (C=O) groups excluding carboxylic acids is 1. The summed E-state index contributed by atoms with van der Waals surface area (Å²) in [5.74, 6) is -0.165. The van der Waals surface area contributed by atoms with Crippen LogP contribution in [0.4, 0.5) is 11.4 Å². The maximum absolute atomic E-state index is 12.7. The molecule has 40 heavy (non-hydrogen) atoms. The molecule has 3 aromatic heterocycles. The molecular weight excluding hydrogens is 498 g/mol. The third-order valence-electron chi connectivity index (χ3n) is 7.67. The Hall–Kier alpha value is -4.95. The summed E-state index contributed by atoms with van der Waals surface area (Å²) in [5, 5.41) is 13.1. The standard InChI is InChI=1S/C32H29N7O/c1-38-12-14-39(15-13-38)30-9-5-8-27-25(30)18-29(35-27)31-26-17-22(10-11-28(26)36-37-31)23-16-24(20-33-19-23)34-32(40)21-6-3-2-4-7-21/h2-11,16-20,35H,12-15H2,1H3,(H,34,40)(H,36,37). The summed E-state index contributed by atoms with van der Waals surface area (Å²) < 4.78 is 0. The minimum absolute atomic E-state index is 0.165. The number of likely N-dealkylation sites (N-methyl/N-ethyl adjacent to an activating group) is 1. The SMILES string of the molecule is CN1CCN(c2cccc3[nH]c(-c4n[nH]c5ccc(-c6cncc(NC(=O)c7ccccc7)c6)cc45)cc23)CC1. The Morgan fingerprint density at radius 3 is 2.52 bits per heavy atom. The predicted octanol–water partition coefficient (Wildman–Crippen LogP) is 5.78. The summed E-state index contributed by atoms with van der Waals surface area (Å²) in [6, 6.07) is 26.0. The van der Waals surface area contributed by atoms with Gasteiger partial charge in [0.15, 0.2) is 0 Å². The van der Waals surface area contributed by atoms with Crippen molar-refractivity contribution >= 4 is 39.1 Å². The van der Waals surface area contributed by atoms with Gasteiger partial charge in [0, 0.05) is 65.5 Å². The van der Waals surface area contributed by atoms with E-state index in [1.807, 2.05) is 42.6 Å². The molecule has 3 N–H and O–H groups in total. The summed E-state index contributed by atoms with van der Waals surface area (Å²) in [6.07, 6.45) is 3.47. The number of carbonyl (C=O) groups is 1. The van der Waals surface area contributed by atoms with E-state index in [0.717, 1.165) is 65.1 Å². The van der Waals surface area contributed by atoms with Gasteiger partial charge in [0.05, 0.1) is 23.1 Å². The molecule has 0 saturated carbocycles. The Morgan fingerprint density at radius 1 is 0.825 bits per heavy atom. The number of piperazine rings is 1. The largest absolute Gasteiger partial charge is 0.368 e. The molecule has 0 atom stereocenters. The Bertz CT molecular complexity index is 1830. The van der Waals surface area contributed by atoms with E-state index in [1.165, 1.54) is 11.1 Å². The van der Waals surface area contributed by atoms with E-state index >= 15 is 0 Å². The first kappa shape index (κ1) is 24.1. The molecule has 1 aliphatic rings. The lowest BCUT2D eigenvalue weighted by Crippen LogP contribution is -2.44. The third kappa shape index (κ3) is 4.48. The number of nitrogens with zero attached hydrogens (tertiary/aromatic N) is 4. The van der Waals surface area contributed by atoms with Crippen molar-refractivity contribution < 1.29 is 4.79 Å². The van der Waals surface area contributed by atoms with E-state index in [2.05, 4.69) is 72.7 Å². The average Bonchev–Trinajstić information content (AvgIpc) is 3.62. The molecule has 7 rings (SSSR count). The van der Waals surface area contributed by atoms with Gasteiger partial charge in [-0.3, -0.25) is 14.9 Å². The molecular formula is C32H29N7O. The van der Waals surface area contributed by atoms with E-state index in [1.54, 1.807) is 18.3 Å². The van der Waals surface area contributed by atoms with E-state index in [4.69, 9.17) is 0 Å². The minimum atomic E-state index is -0.165. The molecule has 6 aromatic rings. The first-order valence-electron chi connectivity index (χ1n) is 13.5. The Kier molecular flexibility index (Phi) is 6.02. The van der Waals surface area contributed by atoms with Crippen LogP contribution in [-0.2, 0) is 0 Å². The lowest BCUT2D eigenvalue weighted by Gasteiger charge is -2.34. The van der Waals surface area contributed by atoms with Crippen molar-refractivity contribution in [3.63, 3.8) is 0 Å². The Morgan fingerprint density at radius 2 is 1.68 bits per heavy atom. The minimum Gasteiger partial charge on any atom is -0.368 e. The van der Waals surface area contributed by atoms with Crippen LogP contribution in [0.5, 0.6) is 0 Å². The number of benzene rings is 3. The second kappa shape index (κ2) is 9.98. The molecule has 0 aliphatic carbocycles. The third-order valence-corrected chi connectivity index (χ3v) is 7.67. The highest BCUT2D eigenvalue weighted by atomic mass is 16.1. The van der Waals surface area contributed by atoms with Crippen molar-refractivity contribution in [1.82, 2.24) is 25.1 Å². The number of rotatable bonds is 5. The monoisotopic (exact) mass is 527 g/mol. The number of aromatic amines is 2. The molecule has 3 aromatic carbocycles. The van der Waals surface area contributed by atoms with Crippen LogP contribution >= 0.6 is 0 Å². The van der Waals surface area contributed by atoms with Crippen LogP contribution < -0.4 is 10.2 Å². The molecule has 1 aliphatic heterocycles. The summed E-state index contributed by atoms with van der Waals surface area (Å²) in [7, 11) is 2.18. The van der Waals surface area contributed by atoms with E-state index in [0.29, 0.717) is 11.3 Å². The number of anilines is 2. The maximum Gasteiger partial charge on any atom is 0.255 e. The normalized spacial score (nSPS) is 14.2. The summed E-state index contributed by atoms with van der Waals surface area (Å²) in [6.45, 7) is 4.16. The second-order valence-electron chi connectivity index (χ2n) is 10.3. The Labute approximate surface area is 231 Å². The van der Waals surface area contributed by atoms with Crippen LogP contribution in [0.15, 0.2) is 91.3 Å². The van der Waals surface area contributed by atoms with Gasteiger partial charge in [0.1, 0.15) is 5.69 Å². The number of fused-ring (bicyclic) bond motifs is 2. The van der Waals surface area contributed by atoms with Crippen LogP contribution in [0.1, 0.15) is 10.4 Å². The van der Waals surface area contributed by atoms with E-state index in [9.17, 15) is 4.79 Å². The van der Waals surface area contributed by atoms with Crippen molar-refractivity contribution in [3.8, 4) is 22.5 Å². The first-order valence-corrected chi connectivity index (χ1v) is 13.5. The number of hydrogen-bond donors (Lipinski definition) is 3. The molecule has 1 fully saturated rings. The van der Waals surface area contributed by atoms with Gasteiger partial charge in [0.2, 0.25) is 0 Å². The van der Waals surface area contributed by atoms with Crippen LogP contribution in [0.25, 0.3) is 44.3 Å². The molecule has 8 heteroatoms. The number of amides is 1. The lowest BCUT2D eigenvalue weighted by molar-refractivity contribution is 0.102. The molecule has 0 bridgehead atoms. The average molecular weight is 528 g/mol. The molecule has 0 unspecified atom stereocenters. The maximum atomic E-state index is 12.7. The van der Waals surface area contributed by atoms with Crippen LogP contribution in [0.2, 0.25) is 0 Å². The predicted molar refractivity (Wildman–Crippen MR) is 161 cm³/mol. The fourth-order valence-electron chi connectivity index (χ4n) is 5.45. The van der Waals surface area contributed by atoms with Crippen LogP contribution in [0.3, 0.4) is 0 Å². The number of H-pyrrole nitrogens is 2. The summed E-state index contributed by atoms with van der Waals surface area (Å²) in [4.78, 5) is 25.5. The molecule has 1 amide bonds. The highest BCUT2D eigenvalue weighted by molar-refractivity contribution is 6.04. The van der Waals surface area contributed by atoms with E-state index < -0.39 is 0 Å². The van der Waals surface area contributed by atoms with Gasteiger partial charge in [-0.05, 0) is 61.1 Å². The van der Waals surface area contributed by atoms with Gasteiger partial charge in [-0.15, -0.1) is 0 Å². The highest BCUT2D eigenvalue weighted by Gasteiger charge is 2.19. The van der Waals surface area contributed by atoms with Crippen molar-refractivity contribution in [2.75, 3.05) is 43.4 Å². The van der Waals surface area contributed by atoms with E-state index in [-0.39, 0.29) is 5.91 Å². The molecule has 198 valence electrons. The fraction of sp³-hybridized carbons (Fsp3) is 0.156. The number of pyridine rings is 1. The van der Waals surface area contributed by atoms with Crippen molar-refractivity contribution in [2.24, 2.45) is 0 Å². The number of hydrogen-bond acceptors (Lipinski definition) is 5. The quantitative estimate of drug-likeness (QED) is 0.264. The van der Waals surface area contributed by atoms with Gasteiger partial charge >= 0.3 is 0 Å². The number of aromatic nitrogens is 4. The van der Waals surface area contributed by atoms with Gasteiger partial charge in [-0.25, -0.2) is 0 Å². The zero-order valence-electron chi connectivity index (χ0n) is 22.2. The molecule has 8 nitrogen and oxygen atoms in total.